The lowest BCUT2D eigenvalue weighted by molar-refractivity contribution is -0.120. The molecule has 1 aliphatic heterocycles. The van der Waals surface area contributed by atoms with Gasteiger partial charge in [0.15, 0.2) is 5.13 Å². The van der Waals surface area contributed by atoms with Gasteiger partial charge in [0.05, 0.1) is 38.7 Å². The molecule has 2 heterocycles. The third-order valence-electron chi connectivity index (χ3n) is 3.79. The van der Waals surface area contributed by atoms with Crippen LogP contribution in [0.5, 0.6) is 11.5 Å². The van der Waals surface area contributed by atoms with Crippen LogP contribution in [-0.2, 0) is 16.0 Å². The van der Waals surface area contributed by atoms with Crippen molar-refractivity contribution in [2.45, 2.75) is 6.42 Å². The van der Waals surface area contributed by atoms with E-state index in [9.17, 15) is 9.90 Å². The number of carbonyl (C=O) groups is 1. The minimum absolute atomic E-state index is 0.0541. The van der Waals surface area contributed by atoms with Crippen LogP contribution in [0.25, 0.3) is 0 Å². The van der Waals surface area contributed by atoms with Gasteiger partial charge in [-0.25, -0.2) is 10.4 Å². The number of ether oxygens (including phenoxy) is 2. The highest BCUT2D eigenvalue weighted by Gasteiger charge is 2.15. The number of aromatic nitrogens is 1. The summed E-state index contributed by atoms with van der Waals surface area (Å²) in [7, 11) is 1.54. The van der Waals surface area contributed by atoms with Crippen LogP contribution in [-0.4, -0.2) is 55.6 Å². The highest BCUT2D eigenvalue weighted by molar-refractivity contribution is 7.13. The molecule has 3 rings (SSSR count). The number of methoxy groups -OCH3 is 1. The largest absolute Gasteiger partial charge is 0.507 e. The summed E-state index contributed by atoms with van der Waals surface area (Å²) in [5.41, 5.74) is 3.60. The number of rotatable bonds is 6. The molecule has 8 nitrogen and oxygen atoms in total. The van der Waals surface area contributed by atoms with E-state index >= 15 is 0 Å². The van der Waals surface area contributed by atoms with Crippen LogP contribution in [0.15, 0.2) is 28.7 Å². The normalized spacial score (nSPS) is 14.6. The molecule has 1 aromatic carbocycles. The number of thiazole rings is 1. The number of hydrogen-bond acceptors (Lipinski definition) is 8. The molecule has 0 aliphatic carbocycles. The first-order chi connectivity index (χ1) is 12.7. The van der Waals surface area contributed by atoms with Gasteiger partial charge in [-0.05, 0) is 18.2 Å². The van der Waals surface area contributed by atoms with E-state index in [1.807, 2.05) is 5.38 Å². The Hall–Kier alpha value is -2.65. The molecular formula is C17H20N4O4S. The van der Waals surface area contributed by atoms with E-state index in [-0.39, 0.29) is 18.1 Å². The van der Waals surface area contributed by atoms with Crippen LogP contribution < -0.4 is 15.1 Å². The first-order valence-corrected chi connectivity index (χ1v) is 8.99. The van der Waals surface area contributed by atoms with Crippen molar-refractivity contribution in [2.24, 2.45) is 5.10 Å². The summed E-state index contributed by atoms with van der Waals surface area (Å²) in [6.07, 6.45) is 1.51. The van der Waals surface area contributed by atoms with Gasteiger partial charge in [-0.3, -0.25) is 4.79 Å². The van der Waals surface area contributed by atoms with Crippen molar-refractivity contribution in [3.63, 3.8) is 0 Å². The third-order valence-corrected chi connectivity index (χ3v) is 4.74. The predicted octanol–water partition coefficient (Wildman–Crippen LogP) is 1.39. The van der Waals surface area contributed by atoms with Crippen LogP contribution in [0.3, 0.4) is 0 Å². The molecule has 0 saturated carbocycles. The van der Waals surface area contributed by atoms with Gasteiger partial charge in [0.25, 0.3) is 0 Å². The number of nitrogens with one attached hydrogen (secondary N) is 1. The number of hydrogen-bond donors (Lipinski definition) is 2. The van der Waals surface area contributed by atoms with Gasteiger partial charge in [0, 0.05) is 24.0 Å². The molecular weight excluding hydrogens is 356 g/mol. The van der Waals surface area contributed by atoms with E-state index in [2.05, 4.69) is 20.4 Å². The lowest BCUT2D eigenvalue weighted by Gasteiger charge is -2.26. The molecule has 1 amide bonds. The van der Waals surface area contributed by atoms with E-state index < -0.39 is 0 Å². The summed E-state index contributed by atoms with van der Waals surface area (Å²) >= 11 is 1.52. The first kappa shape index (κ1) is 18.2. The Kier molecular flexibility index (Phi) is 6.03. The fourth-order valence-corrected chi connectivity index (χ4v) is 3.30. The average Bonchev–Trinajstić information content (AvgIpc) is 3.12. The number of phenols is 1. The second-order valence-corrected chi connectivity index (χ2v) is 6.45. The van der Waals surface area contributed by atoms with Gasteiger partial charge in [0.2, 0.25) is 5.91 Å². The summed E-state index contributed by atoms with van der Waals surface area (Å²) in [5.74, 6) is 0.370. The van der Waals surface area contributed by atoms with E-state index in [0.717, 1.165) is 18.2 Å². The Bertz CT molecular complexity index is 787. The highest BCUT2D eigenvalue weighted by atomic mass is 32.1. The van der Waals surface area contributed by atoms with Crippen LogP contribution >= 0.6 is 11.3 Å². The van der Waals surface area contributed by atoms with E-state index in [4.69, 9.17) is 9.47 Å². The monoisotopic (exact) mass is 376 g/mol. The second-order valence-electron chi connectivity index (χ2n) is 5.62. The Morgan fingerprint density at radius 1 is 1.50 bits per heavy atom. The number of aromatic hydroxyl groups is 1. The molecule has 2 aromatic rings. The molecule has 0 unspecified atom stereocenters. The van der Waals surface area contributed by atoms with Crippen molar-refractivity contribution in [3.8, 4) is 11.5 Å². The van der Waals surface area contributed by atoms with Gasteiger partial charge >= 0.3 is 0 Å². The van der Waals surface area contributed by atoms with Crippen LogP contribution in [0.2, 0.25) is 0 Å². The molecule has 0 radical (unpaired) electrons. The lowest BCUT2D eigenvalue weighted by Crippen LogP contribution is -2.36. The number of hydrazone groups is 1. The zero-order valence-electron chi connectivity index (χ0n) is 14.3. The number of benzene rings is 1. The molecule has 2 N–H and O–H groups in total. The summed E-state index contributed by atoms with van der Waals surface area (Å²) < 4.78 is 10.4. The van der Waals surface area contributed by atoms with Crippen molar-refractivity contribution in [2.75, 3.05) is 38.3 Å². The van der Waals surface area contributed by atoms with Crippen molar-refractivity contribution >= 4 is 28.6 Å². The van der Waals surface area contributed by atoms with Crippen molar-refractivity contribution in [1.29, 1.82) is 0 Å². The molecule has 1 saturated heterocycles. The maximum absolute atomic E-state index is 12.0. The Morgan fingerprint density at radius 2 is 2.31 bits per heavy atom. The fraction of sp³-hybridized carbons (Fsp3) is 0.353. The van der Waals surface area contributed by atoms with Crippen LogP contribution in [0.4, 0.5) is 5.13 Å². The Balaban J connectivity index is 1.53. The topological polar surface area (TPSA) is 96.3 Å². The SMILES string of the molecule is COc1ccc(O)c(/C=N/NC(=O)Cc2csc(N3CCOCC3)n2)c1. The van der Waals surface area contributed by atoms with Crippen LogP contribution in [0.1, 0.15) is 11.3 Å². The van der Waals surface area contributed by atoms with E-state index in [1.54, 1.807) is 12.1 Å². The summed E-state index contributed by atoms with van der Waals surface area (Å²) in [5, 5.41) is 16.4. The number of morpholine rings is 1. The molecule has 0 bridgehead atoms. The molecule has 0 atom stereocenters. The molecule has 1 aliphatic rings. The molecule has 1 fully saturated rings. The first-order valence-electron chi connectivity index (χ1n) is 8.11. The maximum atomic E-state index is 12.0. The quantitative estimate of drug-likeness (QED) is 0.584. The number of amides is 1. The Labute approximate surface area is 155 Å². The van der Waals surface area contributed by atoms with E-state index in [0.29, 0.717) is 30.2 Å². The molecule has 26 heavy (non-hydrogen) atoms. The van der Waals surface area contributed by atoms with Gasteiger partial charge in [-0.1, -0.05) is 0 Å². The summed E-state index contributed by atoms with van der Waals surface area (Å²) in [6, 6.07) is 4.77. The highest BCUT2D eigenvalue weighted by Crippen LogP contribution is 2.22. The molecule has 138 valence electrons. The van der Waals surface area contributed by atoms with E-state index in [1.165, 1.54) is 30.7 Å². The van der Waals surface area contributed by atoms with Gasteiger partial charge < -0.3 is 19.5 Å². The number of anilines is 1. The maximum Gasteiger partial charge on any atom is 0.246 e. The van der Waals surface area contributed by atoms with Crippen molar-refractivity contribution in [3.05, 3.63) is 34.8 Å². The minimum atomic E-state index is -0.275. The summed E-state index contributed by atoms with van der Waals surface area (Å²) in [6.45, 7) is 3.02. The third kappa shape index (κ3) is 4.70. The molecule has 9 heteroatoms. The minimum Gasteiger partial charge on any atom is -0.507 e. The summed E-state index contributed by atoms with van der Waals surface area (Å²) in [4.78, 5) is 18.7. The lowest BCUT2D eigenvalue weighted by atomic mass is 10.2. The smallest absolute Gasteiger partial charge is 0.246 e. The fourth-order valence-electron chi connectivity index (χ4n) is 2.42. The average molecular weight is 376 g/mol. The second kappa shape index (κ2) is 8.63. The number of nitrogens with zero attached hydrogens (tertiary/aromatic N) is 3. The van der Waals surface area contributed by atoms with Crippen molar-refractivity contribution in [1.82, 2.24) is 10.4 Å². The Morgan fingerprint density at radius 3 is 3.08 bits per heavy atom. The zero-order chi connectivity index (χ0) is 18.4. The standard InChI is InChI=1S/C17H20N4O4S/c1-24-14-2-3-15(22)12(8-14)10-18-20-16(23)9-13-11-26-17(19-13)21-4-6-25-7-5-21/h2-3,8,10-11,22H,4-7,9H2,1H3,(H,20,23)/b18-10+. The zero-order valence-corrected chi connectivity index (χ0v) is 15.2. The predicted molar refractivity (Wildman–Crippen MR) is 99.2 cm³/mol. The molecule has 1 aromatic heterocycles. The van der Waals surface area contributed by atoms with Gasteiger partial charge in [-0.2, -0.15) is 5.10 Å². The van der Waals surface area contributed by atoms with Gasteiger partial charge in [-0.15, -0.1) is 11.3 Å². The number of carbonyl (C=O) groups excluding carboxylic acids is 1. The molecule has 0 spiro atoms. The number of phenolic OH excluding ortho intramolecular Hbond substituents is 1. The van der Waals surface area contributed by atoms with Crippen LogP contribution in [0, 0.1) is 0 Å². The van der Waals surface area contributed by atoms with Crippen molar-refractivity contribution < 1.29 is 19.4 Å². The van der Waals surface area contributed by atoms with Gasteiger partial charge in [0.1, 0.15) is 11.5 Å².